The van der Waals surface area contributed by atoms with Crippen molar-refractivity contribution in [2.75, 3.05) is 7.11 Å². The number of imidazole rings is 1. The number of amides is 1. The molecule has 0 fully saturated rings. The highest BCUT2D eigenvalue weighted by molar-refractivity contribution is 6.33. The zero-order valence-electron chi connectivity index (χ0n) is 13.4. The molecule has 0 saturated heterocycles. The van der Waals surface area contributed by atoms with E-state index in [1.165, 1.54) is 7.11 Å². The smallest absolute Gasteiger partial charge is 0.255 e. The predicted octanol–water partition coefficient (Wildman–Crippen LogP) is 2.80. The van der Waals surface area contributed by atoms with Gasteiger partial charge in [0.05, 0.1) is 29.9 Å². The molecule has 0 aliphatic rings. The molecule has 0 bridgehead atoms. The van der Waals surface area contributed by atoms with Crippen molar-refractivity contribution in [1.82, 2.24) is 19.4 Å². The number of methoxy groups -OCH3 is 1. The van der Waals surface area contributed by atoms with Crippen LogP contribution in [0.15, 0.2) is 49.1 Å². The lowest BCUT2D eigenvalue weighted by Crippen LogP contribution is -2.25. The molecule has 124 valence electrons. The number of ether oxygens (including phenoxy) is 1. The number of benzene rings is 1. The molecule has 0 unspecified atom stereocenters. The Hall–Kier alpha value is -2.73. The fraction of sp³-hybridized carbons (Fsp3) is 0.176. The third kappa shape index (κ3) is 3.14. The summed E-state index contributed by atoms with van der Waals surface area (Å²) in [5, 5.41) is 3.30. The molecule has 3 aromatic rings. The van der Waals surface area contributed by atoms with E-state index in [2.05, 4.69) is 10.3 Å². The van der Waals surface area contributed by atoms with Gasteiger partial charge < -0.3 is 19.2 Å². The summed E-state index contributed by atoms with van der Waals surface area (Å²) in [5.41, 5.74) is 1.13. The predicted molar refractivity (Wildman–Crippen MR) is 91.7 cm³/mol. The molecule has 3 rings (SSSR count). The molecule has 2 heterocycles. The van der Waals surface area contributed by atoms with E-state index in [0.717, 1.165) is 11.5 Å². The highest BCUT2D eigenvalue weighted by Gasteiger charge is 2.17. The van der Waals surface area contributed by atoms with Crippen LogP contribution in [0.25, 0.3) is 5.69 Å². The molecule has 6 nitrogen and oxygen atoms in total. The average molecular weight is 345 g/mol. The largest absolute Gasteiger partial charge is 0.496 e. The second kappa shape index (κ2) is 6.80. The molecular weight excluding hydrogens is 328 g/mol. The number of hydrogen-bond acceptors (Lipinski definition) is 3. The fourth-order valence-corrected chi connectivity index (χ4v) is 2.66. The number of hydrogen-bond donors (Lipinski definition) is 1. The Balaban J connectivity index is 1.86. The second-order valence-electron chi connectivity index (χ2n) is 5.23. The highest BCUT2D eigenvalue weighted by Crippen LogP contribution is 2.30. The number of aromatic nitrogens is 3. The van der Waals surface area contributed by atoms with Gasteiger partial charge in [-0.3, -0.25) is 4.79 Å². The Morgan fingerprint density at radius 2 is 2.04 bits per heavy atom. The van der Waals surface area contributed by atoms with Crippen LogP contribution >= 0.6 is 11.6 Å². The Morgan fingerprint density at radius 1 is 1.29 bits per heavy atom. The summed E-state index contributed by atoms with van der Waals surface area (Å²) in [6.07, 6.45) is 7.26. The van der Waals surface area contributed by atoms with Crippen LogP contribution in [-0.2, 0) is 13.6 Å². The van der Waals surface area contributed by atoms with Crippen molar-refractivity contribution in [3.05, 3.63) is 65.5 Å². The number of nitrogens with one attached hydrogen (secondary N) is 1. The third-order valence-electron chi connectivity index (χ3n) is 3.72. The van der Waals surface area contributed by atoms with Crippen molar-refractivity contribution in [1.29, 1.82) is 0 Å². The Labute approximate surface area is 144 Å². The van der Waals surface area contributed by atoms with Crippen LogP contribution in [0.3, 0.4) is 0 Å². The molecule has 0 aliphatic heterocycles. The van der Waals surface area contributed by atoms with Gasteiger partial charge in [0, 0.05) is 37.9 Å². The van der Waals surface area contributed by atoms with Crippen molar-refractivity contribution in [3.63, 3.8) is 0 Å². The third-order valence-corrected chi connectivity index (χ3v) is 4.03. The van der Waals surface area contributed by atoms with Gasteiger partial charge in [-0.25, -0.2) is 4.98 Å². The molecule has 0 radical (unpaired) electrons. The number of halogens is 1. The van der Waals surface area contributed by atoms with Crippen molar-refractivity contribution in [2.45, 2.75) is 6.54 Å². The van der Waals surface area contributed by atoms with Gasteiger partial charge in [0.25, 0.3) is 5.91 Å². The number of carbonyl (C=O) groups is 1. The van der Waals surface area contributed by atoms with Crippen LogP contribution in [0, 0.1) is 0 Å². The molecule has 7 heteroatoms. The monoisotopic (exact) mass is 344 g/mol. The zero-order valence-corrected chi connectivity index (χ0v) is 14.1. The van der Waals surface area contributed by atoms with E-state index in [1.807, 2.05) is 46.9 Å². The lowest BCUT2D eigenvalue weighted by atomic mass is 10.1. The van der Waals surface area contributed by atoms with Crippen molar-refractivity contribution in [2.24, 2.45) is 7.05 Å². The normalized spacial score (nSPS) is 10.6. The summed E-state index contributed by atoms with van der Waals surface area (Å²) >= 11 is 6.35. The van der Waals surface area contributed by atoms with E-state index in [9.17, 15) is 4.79 Å². The molecule has 24 heavy (non-hydrogen) atoms. The minimum Gasteiger partial charge on any atom is -0.496 e. The summed E-state index contributed by atoms with van der Waals surface area (Å²) in [6, 6.07) is 7.16. The van der Waals surface area contributed by atoms with Crippen molar-refractivity contribution >= 4 is 17.5 Å². The molecule has 0 spiro atoms. The molecule has 0 atom stereocenters. The number of carbonyl (C=O) groups excluding carboxylic acids is 1. The number of nitrogens with zero attached hydrogens (tertiary/aromatic N) is 3. The van der Waals surface area contributed by atoms with E-state index in [1.54, 1.807) is 18.3 Å². The van der Waals surface area contributed by atoms with E-state index >= 15 is 0 Å². The Morgan fingerprint density at radius 3 is 2.67 bits per heavy atom. The maximum Gasteiger partial charge on any atom is 0.255 e. The zero-order chi connectivity index (χ0) is 17.1. The van der Waals surface area contributed by atoms with Gasteiger partial charge in [-0.1, -0.05) is 11.6 Å². The van der Waals surface area contributed by atoms with Crippen LogP contribution in [-0.4, -0.2) is 27.1 Å². The molecule has 0 aliphatic carbocycles. The first-order valence-corrected chi connectivity index (χ1v) is 7.73. The van der Waals surface area contributed by atoms with Crippen LogP contribution < -0.4 is 10.1 Å². The summed E-state index contributed by atoms with van der Waals surface area (Å²) in [5.74, 6) is 0.952. The van der Waals surface area contributed by atoms with Gasteiger partial charge in [0.1, 0.15) is 11.6 Å². The summed E-state index contributed by atoms with van der Waals surface area (Å²) in [4.78, 5) is 16.7. The topological polar surface area (TPSA) is 61.1 Å². The molecule has 0 saturated carbocycles. The summed E-state index contributed by atoms with van der Waals surface area (Å²) in [7, 11) is 3.40. The minimum atomic E-state index is -0.268. The lowest BCUT2D eigenvalue weighted by Gasteiger charge is -2.13. The van der Waals surface area contributed by atoms with Gasteiger partial charge in [0.15, 0.2) is 0 Å². The quantitative estimate of drug-likeness (QED) is 0.774. The first-order chi connectivity index (χ1) is 11.6. The number of aryl methyl sites for hydroxylation is 1. The summed E-state index contributed by atoms with van der Waals surface area (Å²) < 4.78 is 9.08. The van der Waals surface area contributed by atoms with E-state index in [4.69, 9.17) is 16.3 Å². The maximum atomic E-state index is 12.5. The molecule has 1 aromatic carbocycles. The maximum absolute atomic E-state index is 12.5. The molecule has 1 amide bonds. The molecule has 2 aromatic heterocycles. The van der Waals surface area contributed by atoms with Crippen molar-refractivity contribution in [3.8, 4) is 11.4 Å². The molecular formula is C17H17ClN4O2. The van der Waals surface area contributed by atoms with Gasteiger partial charge in [-0.05, 0) is 18.2 Å². The Kier molecular flexibility index (Phi) is 4.57. The van der Waals surface area contributed by atoms with E-state index in [-0.39, 0.29) is 5.91 Å². The lowest BCUT2D eigenvalue weighted by molar-refractivity contribution is 0.0946. The Bertz CT molecular complexity index is 856. The van der Waals surface area contributed by atoms with Gasteiger partial charge in [0.2, 0.25) is 0 Å². The van der Waals surface area contributed by atoms with Crippen LogP contribution in [0.2, 0.25) is 5.02 Å². The second-order valence-corrected chi connectivity index (χ2v) is 5.64. The molecule has 1 N–H and O–H groups in total. The average Bonchev–Trinajstić information content (AvgIpc) is 3.24. The standard InChI is InChI=1S/C17H17ClN4O2/c1-21-8-5-19-16(21)11-20-17(23)12-9-13(18)14(10-15(12)24-2)22-6-3-4-7-22/h3-10H,11H2,1-2H3,(H,20,23). The van der Waals surface area contributed by atoms with Gasteiger partial charge in [-0.15, -0.1) is 0 Å². The first kappa shape index (κ1) is 16.1. The number of rotatable bonds is 5. The SMILES string of the molecule is COc1cc(-n2cccc2)c(Cl)cc1C(=O)NCc1nccn1C. The minimum absolute atomic E-state index is 0.268. The van der Waals surface area contributed by atoms with Crippen LogP contribution in [0.1, 0.15) is 16.2 Å². The van der Waals surface area contributed by atoms with E-state index in [0.29, 0.717) is 22.9 Å². The van der Waals surface area contributed by atoms with Crippen LogP contribution in [0.4, 0.5) is 0 Å². The van der Waals surface area contributed by atoms with Gasteiger partial charge in [-0.2, -0.15) is 0 Å². The van der Waals surface area contributed by atoms with Crippen LogP contribution in [0.5, 0.6) is 5.75 Å². The summed E-state index contributed by atoms with van der Waals surface area (Å²) in [6.45, 7) is 0.322. The fourth-order valence-electron chi connectivity index (χ4n) is 2.40. The van der Waals surface area contributed by atoms with E-state index < -0.39 is 0 Å². The van der Waals surface area contributed by atoms with Gasteiger partial charge >= 0.3 is 0 Å². The highest BCUT2D eigenvalue weighted by atomic mass is 35.5. The first-order valence-electron chi connectivity index (χ1n) is 7.35. The van der Waals surface area contributed by atoms with Crippen molar-refractivity contribution < 1.29 is 9.53 Å².